The van der Waals surface area contributed by atoms with Crippen molar-refractivity contribution in [3.8, 4) is 0 Å². The van der Waals surface area contributed by atoms with Crippen molar-refractivity contribution in [2.75, 3.05) is 26.2 Å². The molecular formula is C16H25ClF2N2. The Kier molecular flexibility index (Phi) is 8.15. The van der Waals surface area contributed by atoms with Crippen LogP contribution in [0.15, 0.2) is 18.2 Å². The molecule has 1 aromatic rings. The monoisotopic (exact) mass is 318 g/mol. The van der Waals surface area contributed by atoms with E-state index in [0.717, 1.165) is 57.9 Å². The Bertz CT molecular complexity index is 423. The number of hydrogen-bond acceptors (Lipinski definition) is 2. The Hall–Kier alpha value is -0.710. The van der Waals surface area contributed by atoms with Gasteiger partial charge in [0.15, 0.2) is 0 Å². The zero-order valence-electron chi connectivity index (χ0n) is 12.6. The number of nitrogens with one attached hydrogen (secondary N) is 1. The van der Waals surface area contributed by atoms with Crippen LogP contribution in [0.4, 0.5) is 8.78 Å². The van der Waals surface area contributed by atoms with E-state index in [2.05, 4.69) is 17.1 Å². The van der Waals surface area contributed by atoms with E-state index in [4.69, 9.17) is 0 Å². The van der Waals surface area contributed by atoms with E-state index in [1.807, 2.05) is 0 Å². The van der Waals surface area contributed by atoms with Gasteiger partial charge in [0, 0.05) is 43.9 Å². The number of halogens is 3. The predicted octanol–water partition coefficient (Wildman–Crippen LogP) is 3.91. The molecule has 1 aliphatic rings. The van der Waals surface area contributed by atoms with Crippen molar-refractivity contribution < 1.29 is 8.78 Å². The van der Waals surface area contributed by atoms with Gasteiger partial charge in [0.1, 0.15) is 11.6 Å². The topological polar surface area (TPSA) is 15.3 Å². The Morgan fingerprint density at radius 3 is 2.52 bits per heavy atom. The first-order chi connectivity index (χ1) is 9.72. The number of rotatable bonds is 6. The van der Waals surface area contributed by atoms with Crippen LogP contribution < -0.4 is 5.32 Å². The third kappa shape index (κ3) is 5.20. The molecule has 0 saturated carbocycles. The van der Waals surface area contributed by atoms with Crippen LogP contribution in [0.1, 0.15) is 44.2 Å². The van der Waals surface area contributed by atoms with E-state index in [-0.39, 0.29) is 18.4 Å². The third-order valence-corrected chi connectivity index (χ3v) is 3.99. The quantitative estimate of drug-likeness (QED) is 0.800. The van der Waals surface area contributed by atoms with Gasteiger partial charge in [-0.15, -0.1) is 12.4 Å². The number of piperazine rings is 1. The normalized spacial score (nSPS) is 17.3. The van der Waals surface area contributed by atoms with Gasteiger partial charge in [0.2, 0.25) is 0 Å². The Labute approximate surface area is 132 Å². The number of nitrogens with zero attached hydrogens (tertiary/aromatic N) is 1. The molecule has 0 aliphatic carbocycles. The minimum absolute atomic E-state index is 0. The summed E-state index contributed by atoms with van der Waals surface area (Å²) in [7, 11) is 0. The van der Waals surface area contributed by atoms with Crippen LogP contribution in [-0.2, 0) is 0 Å². The molecule has 120 valence electrons. The number of unbranched alkanes of at least 4 members (excludes halogenated alkanes) is 2. The van der Waals surface area contributed by atoms with Gasteiger partial charge >= 0.3 is 0 Å². The fraction of sp³-hybridized carbons (Fsp3) is 0.625. The summed E-state index contributed by atoms with van der Waals surface area (Å²) in [6.07, 6.45) is 4.34. The van der Waals surface area contributed by atoms with Gasteiger partial charge in [-0.1, -0.05) is 32.3 Å². The van der Waals surface area contributed by atoms with E-state index >= 15 is 0 Å². The molecule has 2 nitrogen and oxygen atoms in total. The Morgan fingerprint density at radius 2 is 1.90 bits per heavy atom. The van der Waals surface area contributed by atoms with Crippen molar-refractivity contribution in [1.82, 2.24) is 10.2 Å². The predicted molar refractivity (Wildman–Crippen MR) is 84.9 cm³/mol. The summed E-state index contributed by atoms with van der Waals surface area (Å²) < 4.78 is 27.2. The van der Waals surface area contributed by atoms with E-state index in [1.54, 1.807) is 6.07 Å². The fourth-order valence-corrected chi connectivity index (χ4v) is 2.89. The molecule has 1 N–H and O–H groups in total. The standard InChI is InChI=1S/C16H24F2N2.ClH/c1-2-3-4-5-16(20-10-8-19-9-11-20)14-7-6-13(17)12-15(14)18;/h6-7,12,16,19H,2-5,8-11H2,1H3;1H/t16-;/m0./s1. The highest BCUT2D eigenvalue weighted by atomic mass is 35.5. The summed E-state index contributed by atoms with van der Waals surface area (Å²) in [6.45, 7) is 5.89. The number of hydrogen-bond donors (Lipinski definition) is 1. The molecule has 0 aromatic heterocycles. The molecular weight excluding hydrogens is 294 g/mol. The highest BCUT2D eigenvalue weighted by molar-refractivity contribution is 5.85. The van der Waals surface area contributed by atoms with Crippen LogP contribution in [0.5, 0.6) is 0 Å². The Balaban J connectivity index is 0.00000220. The van der Waals surface area contributed by atoms with Crippen molar-refractivity contribution in [2.45, 2.75) is 38.6 Å². The smallest absolute Gasteiger partial charge is 0.130 e. The molecule has 0 amide bonds. The van der Waals surface area contributed by atoms with Crippen LogP contribution in [0.3, 0.4) is 0 Å². The lowest BCUT2D eigenvalue weighted by Crippen LogP contribution is -2.45. The van der Waals surface area contributed by atoms with Crippen molar-refractivity contribution in [1.29, 1.82) is 0 Å². The summed E-state index contributed by atoms with van der Waals surface area (Å²) in [5.74, 6) is -0.913. The van der Waals surface area contributed by atoms with E-state index in [9.17, 15) is 8.78 Å². The molecule has 1 fully saturated rings. The van der Waals surface area contributed by atoms with E-state index < -0.39 is 11.6 Å². The van der Waals surface area contributed by atoms with Crippen LogP contribution in [0.25, 0.3) is 0 Å². The van der Waals surface area contributed by atoms with Gasteiger partial charge in [0.05, 0.1) is 0 Å². The van der Waals surface area contributed by atoms with Gasteiger partial charge in [-0.3, -0.25) is 4.90 Å². The van der Waals surface area contributed by atoms with Gasteiger partial charge in [-0.05, 0) is 12.5 Å². The number of benzene rings is 1. The van der Waals surface area contributed by atoms with Crippen molar-refractivity contribution >= 4 is 12.4 Å². The first-order valence-corrected chi connectivity index (χ1v) is 7.62. The molecule has 0 unspecified atom stereocenters. The van der Waals surface area contributed by atoms with Crippen LogP contribution in [-0.4, -0.2) is 31.1 Å². The Morgan fingerprint density at radius 1 is 1.19 bits per heavy atom. The average molecular weight is 319 g/mol. The third-order valence-electron chi connectivity index (χ3n) is 3.99. The minimum Gasteiger partial charge on any atom is -0.314 e. The first-order valence-electron chi connectivity index (χ1n) is 7.62. The minimum atomic E-state index is -0.501. The van der Waals surface area contributed by atoms with Crippen molar-refractivity contribution in [3.05, 3.63) is 35.4 Å². The lowest BCUT2D eigenvalue weighted by atomic mass is 9.97. The van der Waals surface area contributed by atoms with Crippen LogP contribution in [0, 0.1) is 11.6 Å². The molecule has 0 radical (unpaired) electrons. The molecule has 21 heavy (non-hydrogen) atoms. The molecule has 0 spiro atoms. The van der Waals surface area contributed by atoms with E-state index in [1.165, 1.54) is 6.07 Å². The van der Waals surface area contributed by atoms with Gasteiger partial charge < -0.3 is 5.32 Å². The summed E-state index contributed by atoms with van der Waals surface area (Å²) in [5.41, 5.74) is 0.643. The molecule has 5 heteroatoms. The summed E-state index contributed by atoms with van der Waals surface area (Å²) >= 11 is 0. The van der Waals surface area contributed by atoms with Gasteiger partial charge in [-0.25, -0.2) is 8.78 Å². The molecule has 1 aliphatic heterocycles. The zero-order chi connectivity index (χ0) is 14.4. The highest BCUT2D eigenvalue weighted by Crippen LogP contribution is 2.29. The lowest BCUT2D eigenvalue weighted by molar-refractivity contribution is 0.159. The summed E-state index contributed by atoms with van der Waals surface area (Å²) in [4.78, 5) is 2.32. The summed E-state index contributed by atoms with van der Waals surface area (Å²) in [5, 5.41) is 3.32. The van der Waals surface area contributed by atoms with Crippen LogP contribution >= 0.6 is 12.4 Å². The van der Waals surface area contributed by atoms with Crippen molar-refractivity contribution in [3.63, 3.8) is 0 Å². The molecule has 1 atom stereocenters. The molecule has 0 bridgehead atoms. The molecule has 1 saturated heterocycles. The second kappa shape index (κ2) is 9.34. The SMILES string of the molecule is CCCCC[C@@H](c1ccc(F)cc1F)N1CCNCC1.Cl. The van der Waals surface area contributed by atoms with E-state index in [0.29, 0.717) is 5.56 Å². The lowest BCUT2D eigenvalue weighted by Gasteiger charge is -2.35. The molecule has 2 rings (SSSR count). The fourth-order valence-electron chi connectivity index (χ4n) is 2.89. The maximum absolute atomic E-state index is 14.1. The largest absolute Gasteiger partial charge is 0.314 e. The molecule has 1 aromatic carbocycles. The maximum Gasteiger partial charge on any atom is 0.130 e. The maximum atomic E-state index is 14.1. The first kappa shape index (κ1) is 18.3. The second-order valence-corrected chi connectivity index (χ2v) is 5.46. The highest BCUT2D eigenvalue weighted by Gasteiger charge is 2.24. The molecule has 1 heterocycles. The van der Waals surface area contributed by atoms with Crippen molar-refractivity contribution in [2.24, 2.45) is 0 Å². The van der Waals surface area contributed by atoms with Crippen LogP contribution in [0.2, 0.25) is 0 Å². The average Bonchev–Trinajstić information content (AvgIpc) is 2.46. The second-order valence-electron chi connectivity index (χ2n) is 5.46. The van der Waals surface area contributed by atoms with Gasteiger partial charge in [0.25, 0.3) is 0 Å². The van der Waals surface area contributed by atoms with Gasteiger partial charge in [-0.2, -0.15) is 0 Å². The summed E-state index contributed by atoms with van der Waals surface area (Å²) in [6, 6.07) is 4.06. The zero-order valence-corrected chi connectivity index (χ0v) is 13.4.